The number of fused-ring (bicyclic) bond motifs is 1. The number of rotatable bonds is 3. The summed E-state index contributed by atoms with van der Waals surface area (Å²) in [7, 11) is 0. The van der Waals surface area contributed by atoms with Gasteiger partial charge in [-0.15, -0.1) is 0 Å². The van der Waals surface area contributed by atoms with E-state index >= 15 is 0 Å². The van der Waals surface area contributed by atoms with E-state index in [0.29, 0.717) is 18.0 Å². The summed E-state index contributed by atoms with van der Waals surface area (Å²) in [4.78, 5) is 39.4. The number of likely N-dealkylation sites (tertiary alicyclic amines) is 1. The molecular formula is C20H18ClN3O5. The van der Waals surface area contributed by atoms with Crippen molar-refractivity contribution in [3.8, 4) is 5.75 Å². The molecule has 3 aromatic rings. The summed E-state index contributed by atoms with van der Waals surface area (Å²) < 4.78 is 2.62. The van der Waals surface area contributed by atoms with E-state index in [1.165, 1.54) is 32.5 Å². The van der Waals surface area contributed by atoms with Gasteiger partial charge in [0.15, 0.2) is 11.3 Å². The fourth-order valence-corrected chi connectivity index (χ4v) is 3.72. The Morgan fingerprint density at radius 1 is 1.24 bits per heavy atom. The molecule has 1 atom stereocenters. The average Bonchev–Trinajstić information content (AvgIpc) is 3.12. The van der Waals surface area contributed by atoms with Gasteiger partial charge in [-0.1, -0.05) is 23.7 Å². The zero-order chi connectivity index (χ0) is 20.7. The Labute approximate surface area is 169 Å². The van der Waals surface area contributed by atoms with Crippen LogP contribution in [0.5, 0.6) is 5.75 Å². The number of aromatic nitrogens is 2. The maximum Gasteiger partial charge on any atom is 0.279 e. The number of aliphatic hydroxyl groups is 1. The topological polar surface area (TPSA) is 104 Å². The highest BCUT2D eigenvalue weighted by Crippen LogP contribution is 2.16. The maximum absolute atomic E-state index is 12.9. The summed E-state index contributed by atoms with van der Waals surface area (Å²) in [5, 5.41) is 20.6. The Morgan fingerprint density at radius 3 is 2.72 bits per heavy atom. The van der Waals surface area contributed by atoms with E-state index in [-0.39, 0.29) is 24.2 Å². The SMILES string of the molecule is O=C(c1cn2ccn(Cc3cccc(Cl)c3)c(=O)c2c(O)c1=O)N1CCC(O)C1. The van der Waals surface area contributed by atoms with E-state index in [9.17, 15) is 24.6 Å². The summed E-state index contributed by atoms with van der Waals surface area (Å²) >= 11 is 5.98. The normalized spacial score (nSPS) is 16.5. The van der Waals surface area contributed by atoms with Crippen LogP contribution < -0.4 is 11.0 Å². The molecule has 9 heteroatoms. The number of β-amino-alcohol motifs (C(OH)–C–C–N with tert-alkyl or cyclic N) is 1. The molecule has 0 spiro atoms. The molecule has 0 aliphatic carbocycles. The first kappa shape index (κ1) is 19.2. The molecule has 29 heavy (non-hydrogen) atoms. The first-order valence-corrected chi connectivity index (χ1v) is 9.42. The molecule has 1 aliphatic heterocycles. The number of hydrogen-bond donors (Lipinski definition) is 2. The molecule has 150 valence electrons. The van der Waals surface area contributed by atoms with Crippen LogP contribution in [0.15, 0.2) is 52.4 Å². The second-order valence-corrected chi connectivity index (χ2v) is 7.47. The lowest BCUT2D eigenvalue weighted by molar-refractivity contribution is 0.0762. The van der Waals surface area contributed by atoms with Gasteiger partial charge in [0.05, 0.1) is 12.6 Å². The van der Waals surface area contributed by atoms with E-state index in [1.807, 2.05) is 0 Å². The van der Waals surface area contributed by atoms with Gasteiger partial charge in [-0.25, -0.2) is 0 Å². The molecule has 8 nitrogen and oxygen atoms in total. The number of benzene rings is 1. The van der Waals surface area contributed by atoms with E-state index in [4.69, 9.17) is 11.6 Å². The summed E-state index contributed by atoms with van der Waals surface area (Å²) in [6.45, 7) is 0.656. The number of aliphatic hydroxyl groups excluding tert-OH is 1. The number of pyridine rings is 1. The quantitative estimate of drug-likeness (QED) is 0.666. The summed E-state index contributed by atoms with van der Waals surface area (Å²) in [6.07, 6.45) is 4.05. The molecule has 2 aromatic heterocycles. The van der Waals surface area contributed by atoms with Gasteiger partial charge in [-0.3, -0.25) is 14.4 Å². The molecule has 0 saturated carbocycles. The van der Waals surface area contributed by atoms with Gasteiger partial charge in [0, 0.05) is 36.7 Å². The van der Waals surface area contributed by atoms with Crippen molar-refractivity contribution >= 4 is 23.0 Å². The molecule has 1 saturated heterocycles. The number of halogens is 1. The van der Waals surface area contributed by atoms with Crippen molar-refractivity contribution in [1.29, 1.82) is 0 Å². The zero-order valence-corrected chi connectivity index (χ0v) is 16.0. The molecule has 1 fully saturated rings. The lowest BCUT2D eigenvalue weighted by atomic mass is 10.2. The Balaban J connectivity index is 1.77. The van der Waals surface area contributed by atoms with Gasteiger partial charge in [0.25, 0.3) is 11.5 Å². The molecule has 1 aliphatic rings. The number of aromatic hydroxyl groups is 1. The molecule has 0 bridgehead atoms. The Morgan fingerprint density at radius 2 is 2.03 bits per heavy atom. The van der Waals surface area contributed by atoms with Crippen molar-refractivity contribution in [2.24, 2.45) is 0 Å². The zero-order valence-electron chi connectivity index (χ0n) is 15.3. The highest BCUT2D eigenvalue weighted by molar-refractivity contribution is 6.30. The maximum atomic E-state index is 12.9. The first-order chi connectivity index (χ1) is 13.8. The van der Waals surface area contributed by atoms with Crippen molar-refractivity contribution in [1.82, 2.24) is 13.9 Å². The van der Waals surface area contributed by atoms with Gasteiger partial charge in [0.1, 0.15) is 5.56 Å². The molecule has 2 N–H and O–H groups in total. The van der Waals surface area contributed by atoms with Crippen LogP contribution in [-0.2, 0) is 6.54 Å². The molecule has 1 amide bonds. The Bertz CT molecular complexity index is 1230. The molecular weight excluding hydrogens is 398 g/mol. The molecule has 0 radical (unpaired) electrons. The van der Waals surface area contributed by atoms with Gasteiger partial charge in [-0.05, 0) is 24.1 Å². The Kier molecular flexibility index (Phi) is 4.89. The van der Waals surface area contributed by atoms with Crippen molar-refractivity contribution in [3.05, 3.63) is 79.6 Å². The predicted octanol–water partition coefficient (Wildman–Crippen LogP) is 1.08. The van der Waals surface area contributed by atoms with E-state index < -0.39 is 28.7 Å². The van der Waals surface area contributed by atoms with Crippen LogP contribution in [-0.4, -0.2) is 49.2 Å². The summed E-state index contributed by atoms with van der Waals surface area (Å²) in [5.41, 5.74) is -1.16. The molecule has 1 aromatic carbocycles. The largest absolute Gasteiger partial charge is 0.503 e. The summed E-state index contributed by atoms with van der Waals surface area (Å²) in [6, 6.07) is 7.01. The van der Waals surface area contributed by atoms with Crippen molar-refractivity contribution in [2.75, 3.05) is 13.1 Å². The van der Waals surface area contributed by atoms with Crippen molar-refractivity contribution < 1.29 is 15.0 Å². The monoisotopic (exact) mass is 415 g/mol. The first-order valence-electron chi connectivity index (χ1n) is 9.04. The van der Waals surface area contributed by atoms with Gasteiger partial charge in [-0.2, -0.15) is 0 Å². The second-order valence-electron chi connectivity index (χ2n) is 7.03. The minimum Gasteiger partial charge on any atom is -0.503 e. The van der Waals surface area contributed by atoms with Gasteiger partial charge < -0.3 is 24.1 Å². The van der Waals surface area contributed by atoms with Crippen LogP contribution in [0.3, 0.4) is 0 Å². The van der Waals surface area contributed by atoms with Crippen LogP contribution in [0.4, 0.5) is 0 Å². The fraction of sp³-hybridized carbons (Fsp3) is 0.250. The van der Waals surface area contributed by atoms with Crippen LogP contribution in [0.1, 0.15) is 22.3 Å². The number of nitrogens with zero attached hydrogens (tertiary/aromatic N) is 3. The van der Waals surface area contributed by atoms with Gasteiger partial charge in [0.2, 0.25) is 5.43 Å². The minimum absolute atomic E-state index is 0.128. The minimum atomic E-state index is -0.908. The van der Waals surface area contributed by atoms with Crippen LogP contribution >= 0.6 is 11.6 Å². The van der Waals surface area contributed by atoms with Crippen molar-refractivity contribution in [2.45, 2.75) is 19.1 Å². The molecule has 1 unspecified atom stereocenters. The predicted molar refractivity (Wildman–Crippen MR) is 107 cm³/mol. The highest BCUT2D eigenvalue weighted by Gasteiger charge is 2.28. The molecule has 3 heterocycles. The third kappa shape index (κ3) is 3.52. The van der Waals surface area contributed by atoms with Crippen LogP contribution in [0, 0.1) is 0 Å². The number of carbonyl (C=O) groups excluding carboxylic acids is 1. The number of amides is 1. The van der Waals surface area contributed by atoms with E-state index in [0.717, 1.165) is 5.56 Å². The lowest BCUT2D eigenvalue weighted by Gasteiger charge is -2.16. The lowest BCUT2D eigenvalue weighted by Crippen LogP contribution is -2.34. The average molecular weight is 416 g/mol. The molecule has 4 rings (SSSR count). The number of hydrogen-bond acceptors (Lipinski definition) is 5. The highest BCUT2D eigenvalue weighted by atomic mass is 35.5. The van der Waals surface area contributed by atoms with E-state index in [1.54, 1.807) is 24.3 Å². The van der Waals surface area contributed by atoms with Crippen LogP contribution in [0.25, 0.3) is 5.52 Å². The number of carbonyl (C=O) groups is 1. The third-order valence-electron chi connectivity index (χ3n) is 5.00. The van der Waals surface area contributed by atoms with Crippen molar-refractivity contribution in [3.63, 3.8) is 0 Å². The third-order valence-corrected chi connectivity index (χ3v) is 5.24. The standard InChI is InChI=1S/C20H18ClN3O5/c21-13-3-1-2-12(8-13)9-24-7-6-22-11-15(17(26)18(27)16(22)20(24)29)19(28)23-5-4-14(25)10-23/h1-3,6-8,11,14,25,27H,4-5,9-10H2. The second kappa shape index (κ2) is 7.38. The van der Waals surface area contributed by atoms with E-state index in [2.05, 4.69) is 0 Å². The summed E-state index contributed by atoms with van der Waals surface area (Å²) in [5.74, 6) is -1.36. The van der Waals surface area contributed by atoms with Gasteiger partial charge >= 0.3 is 0 Å². The fourth-order valence-electron chi connectivity index (χ4n) is 3.51. The Hall–Kier alpha value is -3.10. The van der Waals surface area contributed by atoms with Crippen LogP contribution in [0.2, 0.25) is 5.02 Å². The smallest absolute Gasteiger partial charge is 0.279 e.